The molecule has 0 unspecified atom stereocenters. The number of hydrogen-bond donors (Lipinski definition) is 2. The molecule has 3 aromatic carbocycles. The van der Waals surface area contributed by atoms with Gasteiger partial charge in [0, 0.05) is 24.5 Å². The molecule has 0 saturated carbocycles. The second-order valence-corrected chi connectivity index (χ2v) is 11.8. The molecule has 1 fully saturated rings. The number of nitrogens with zero attached hydrogens (tertiary/aromatic N) is 1. The molecule has 2 N–H and O–H groups in total. The van der Waals surface area contributed by atoms with Crippen molar-refractivity contribution in [1.29, 1.82) is 0 Å². The molecular weight excluding hydrogens is 521 g/mol. The average Bonchev–Trinajstić information content (AvgIpc) is 2.89. The number of rotatable bonds is 8. The van der Waals surface area contributed by atoms with Gasteiger partial charge >= 0.3 is 0 Å². The highest BCUT2D eigenvalue weighted by Gasteiger charge is 2.25. The van der Waals surface area contributed by atoms with Crippen LogP contribution in [-0.4, -0.2) is 47.8 Å². The number of sulfonamides is 2. The third-order valence-corrected chi connectivity index (χ3v) is 8.64. The van der Waals surface area contributed by atoms with Crippen molar-refractivity contribution in [3.8, 4) is 5.75 Å². The zero-order valence-electron chi connectivity index (χ0n) is 20.0. The number of anilines is 2. The van der Waals surface area contributed by atoms with E-state index in [1.165, 1.54) is 61.7 Å². The molecule has 9 nitrogen and oxygen atoms in total. The van der Waals surface area contributed by atoms with Crippen LogP contribution in [0, 0.1) is 5.82 Å². The lowest BCUT2D eigenvalue weighted by Gasteiger charge is -2.27. The molecule has 1 saturated heterocycles. The second kappa shape index (κ2) is 10.8. The summed E-state index contributed by atoms with van der Waals surface area (Å²) < 4.78 is 74.4. The van der Waals surface area contributed by atoms with Crippen LogP contribution in [0.5, 0.6) is 5.75 Å². The van der Waals surface area contributed by atoms with Crippen molar-refractivity contribution < 1.29 is 30.8 Å². The summed E-state index contributed by atoms with van der Waals surface area (Å²) in [5.41, 5.74) is 0.460. The minimum absolute atomic E-state index is 0.112. The molecule has 1 aliphatic rings. The molecule has 196 valence electrons. The van der Waals surface area contributed by atoms with Crippen LogP contribution < -0.4 is 14.2 Å². The lowest BCUT2D eigenvalue weighted by molar-refractivity contribution is 0.0720. The number of nitrogens with one attached hydrogen (secondary N) is 2. The molecule has 1 aliphatic heterocycles. The third-order valence-electron chi connectivity index (χ3n) is 5.87. The number of likely N-dealkylation sites (tertiary alicyclic amines) is 1. The summed E-state index contributed by atoms with van der Waals surface area (Å²) in [6, 6.07) is 14.0. The first-order valence-corrected chi connectivity index (χ1v) is 14.4. The molecule has 1 amide bonds. The second-order valence-electron chi connectivity index (χ2n) is 8.46. The predicted octanol–water partition coefficient (Wildman–Crippen LogP) is 4.06. The van der Waals surface area contributed by atoms with Gasteiger partial charge in [-0.25, -0.2) is 21.2 Å². The van der Waals surface area contributed by atoms with Crippen molar-refractivity contribution in [2.75, 3.05) is 29.6 Å². The maximum Gasteiger partial charge on any atom is 0.261 e. The molecule has 0 aliphatic carbocycles. The van der Waals surface area contributed by atoms with Crippen LogP contribution in [0.4, 0.5) is 15.8 Å². The highest BCUT2D eigenvalue weighted by molar-refractivity contribution is 7.93. The Morgan fingerprint density at radius 2 is 1.30 bits per heavy atom. The molecule has 3 aromatic rings. The Balaban J connectivity index is 1.53. The molecule has 4 rings (SSSR count). The Morgan fingerprint density at radius 3 is 1.86 bits per heavy atom. The fraction of sp³-hybridized carbons (Fsp3) is 0.240. The van der Waals surface area contributed by atoms with Gasteiger partial charge in [0.1, 0.15) is 11.6 Å². The van der Waals surface area contributed by atoms with Crippen LogP contribution >= 0.6 is 0 Å². The number of hydrogen-bond acceptors (Lipinski definition) is 6. The Morgan fingerprint density at radius 1 is 0.784 bits per heavy atom. The first-order chi connectivity index (χ1) is 17.6. The van der Waals surface area contributed by atoms with Crippen molar-refractivity contribution in [3.63, 3.8) is 0 Å². The van der Waals surface area contributed by atoms with Crippen LogP contribution in [0.3, 0.4) is 0 Å². The number of methoxy groups -OCH3 is 1. The lowest BCUT2D eigenvalue weighted by Crippen LogP contribution is -2.35. The van der Waals surface area contributed by atoms with Gasteiger partial charge in [-0.2, -0.15) is 0 Å². The van der Waals surface area contributed by atoms with Gasteiger partial charge in [0.25, 0.3) is 26.0 Å². The van der Waals surface area contributed by atoms with Crippen LogP contribution in [0.15, 0.2) is 76.5 Å². The summed E-state index contributed by atoms with van der Waals surface area (Å²) >= 11 is 0. The largest absolute Gasteiger partial charge is 0.496 e. The van der Waals surface area contributed by atoms with Gasteiger partial charge < -0.3 is 9.64 Å². The highest BCUT2D eigenvalue weighted by atomic mass is 32.2. The van der Waals surface area contributed by atoms with Gasteiger partial charge in [-0.15, -0.1) is 0 Å². The summed E-state index contributed by atoms with van der Waals surface area (Å²) in [6.07, 6.45) is 2.82. The zero-order chi connectivity index (χ0) is 26.6. The van der Waals surface area contributed by atoms with E-state index in [4.69, 9.17) is 4.74 Å². The van der Waals surface area contributed by atoms with E-state index in [0.717, 1.165) is 31.4 Å². The molecule has 37 heavy (non-hydrogen) atoms. The fourth-order valence-corrected chi connectivity index (χ4v) is 6.08. The highest BCUT2D eigenvalue weighted by Crippen LogP contribution is 2.27. The number of ether oxygens (including phenoxy) is 1. The standard InChI is InChI=1S/C25H26FN3O6S2/c1-35-24-14-13-22(17-23(24)25(30)29-15-3-2-4-16-29)37(33,34)28-20-9-11-21(12-10-20)36(31,32)27-19-7-5-18(26)6-8-19/h5-14,17,27-28H,2-4,15-16H2,1H3. The summed E-state index contributed by atoms with van der Waals surface area (Å²) in [5.74, 6) is -0.519. The molecule has 0 bridgehead atoms. The van der Waals surface area contributed by atoms with Crippen LogP contribution in [0.2, 0.25) is 0 Å². The van der Waals surface area contributed by atoms with Gasteiger partial charge in [0.15, 0.2) is 0 Å². The van der Waals surface area contributed by atoms with Gasteiger partial charge in [-0.3, -0.25) is 14.2 Å². The van der Waals surface area contributed by atoms with E-state index in [1.807, 2.05) is 0 Å². The quantitative estimate of drug-likeness (QED) is 0.439. The molecular formula is C25H26FN3O6S2. The zero-order valence-corrected chi connectivity index (χ0v) is 21.6. The summed E-state index contributed by atoms with van der Waals surface area (Å²) in [5, 5.41) is 0. The molecule has 1 heterocycles. The number of amides is 1. The van der Waals surface area contributed by atoms with E-state index in [-0.39, 0.29) is 38.4 Å². The van der Waals surface area contributed by atoms with Crippen molar-refractivity contribution in [2.24, 2.45) is 0 Å². The smallest absolute Gasteiger partial charge is 0.261 e. The summed E-state index contributed by atoms with van der Waals surface area (Å²) in [4.78, 5) is 14.5. The van der Waals surface area contributed by atoms with Gasteiger partial charge in [0.2, 0.25) is 0 Å². The predicted molar refractivity (Wildman–Crippen MR) is 137 cm³/mol. The summed E-state index contributed by atoms with van der Waals surface area (Å²) in [7, 11) is -6.67. The molecule has 0 radical (unpaired) electrons. The minimum atomic E-state index is -4.10. The summed E-state index contributed by atoms with van der Waals surface area (Å²) in [6.45, 7) is 1.20. The van der Waals surface area contributed by atoms with Crippen molar-refractivity contribution in [2.45, 2.75) is 29.1 Å². The van der Waals surface area contributed by atoms with Crippen LogP contribution in [-0.2, 0) is 20.0 Å². The Hall–Kier alpha value is -3.64. The van der Waals surface area contributed by atoms with E-state index in [9.17, 15) is 26.0 Å². The fourth-order valence-electron chi connectivity index (χ4n) is 3.94. The van der Waals surface area contributed by atoms with Crippen molar-refractivity contribution >= 4 is 37.3 Å². The topological polar surface area (TPSA) is 122 Å². The molecule has 0 atom stereocenters. The number of carbonyl (C=O) groups is 1. The normalized spacial score (nSPS) is 14.2. The van der Waals surface area contributed by atoms with Crippen LogP contribution in [0.25, 0.3) is 0 Å². The van der Waals surface area contributed by atoms with Gasteiger partial charge in [-0.05, 0) is 86.0 Å². The van der Waals surface area contributed by atoms with E-state index in [0.29, 0.717) is 13.1 Å². The van der Waals surface area contributed by atoms with Gasteiger partial charge in [0.05, 0.1) is 22.5 Å². The molecule has 0 aromatic heterocycles. The molecule has 12 heteroatoms. The number of carbonyl (C=O) groups excluding carboxylic acids is 1. The lowest BCUT2D eigenvalue weighted by atomic mass is 10.1. The Kier molecular flexibility index (Phi) is 7.69. The van der Waals surface area contributed by atoms with E-state index >= 15 is 0 Å². The average molecular weight is 548 g/mol. The van der Waals surface area contributed by atoms with E-state index < -0.39 is 25.9 Å². The van der Waals surface area contributed by atoms with E-state index in [2.05, 4.69) is 9.44 Å². The first-order valence-electron chi connectivity index (χ1n) is 11.5. The third kappa shape index (κ3) is 6.20. The van der Waals surface area contributed by atoms with Crippen molar-refractivity contribution in [1.82, 2.24) is 4.90 Å². The SMILES string of the molecule is COc1ccc(S(=O)(=O)Nc2ccc(S(=O)(=O)Nc3ccc(F)cc3)cc2)cc1C(=O)N1CCCCC1. The first kappa shape index (κ1) is 26.4. The monoisotopic (exact) mass is 547 g/mol. The number of piperidine rings is 1. The van der Waals surface area contributed by atoms with Crippen molar-refractivity contribution in [3.05, 3.63) is 78.1 Å². The number of halogens is 1. The maximum atomic E-state index is 13.1. The number of benzene rings is 3. The molecule has 0 spiro atoms. The maximum absolute atomic E-state index is 13.1. The Labute approximate surface area is 215 Å². The minimum Gasteiger partial charge on any atom is -0.496 e. The van der Waals surface area contributed by atoms with Crippen LogP contribution in [0.1, 0.15) is 29.6 Å². The van der Waals surface area contributed by atoms with Gasteiger partial charge in [-0.1, -0.05) is 0 Å². The Bertz CT molecular complexity index is 1490. The van der Waals surface area contributed by atoms with E-state index in [1.54, 1.807) is 4.90 Å².